The summed E-state index contributed by atoms with van der Waals surface area (Å²) in [6.07, 6.45) is -1.02. The van der Waals surface area contributed by atoms with Crippen LogP contribution in [-0.2, 0) is 11.3 Å². The first-order valence-electron chi connectivity index (χ1n) is 9.97. The minimum absolute atomic E-state index is 0.0361. The molecule has 6 nitrogen and oxygen atoms in total. The first kappa shape index (κ1) is 22.8. The molecule has 0 aliphatic rings. The number of aryl methyl sites for hydroxylation is 2. The monoisotopic (exact) mass is 399 g/mol. The van der Waals surface area contributed by atoms with Crippen molar-refractivity contribution in [1.82, 2.24) is 15.6 Å². The Morgan fingerprint density at radius 3 is 2.45 bits per heavy atom. The molecule has 6 heteroatoms. The van der Waals surface area contributed by atoms with E-state index in [9.17, 15) is 9.90 Å². The summed E-state index contributed by atoms with van der Waals surface area (Å²) in [6, 6.07) is 11.8. The minimum atomic E-state index is -0.566. The molecule has 2 rings (SSSR count). The van der Waals surface area contributed by atoms with E-state index in [2.05, 4.69) is 15.6 Å². The standard InChI is InChI=1S/C23H33N3O3/c1-15-9-7-8-10-19(15)21(27)14-24-16(2)20-12-11-18(26-17(20)3)13-25-22(28)29-23(4,5)6/h7-12,16,21,24,27H,13-14H2,1-6H3,(H,25,28). The van der Waals surface area contributed by atoms with Crippen LogP contribution in [0.3, 0.4) is 0 Å². The molecular weight excluding hydrogens is 366 g/mol. The number of rotatable bonds is 7. The van der Waals surface area contributed by atoms with E-state index in [1.807, 2.05) is 77.9 Å². The number of aliphatic hydroxyl groups is 1. The van der Waals surface area contributed by atoms with Gasteiger partial charge in [-0.2, -0.15) is 0 Å². The molecule has 3 N–H and O–H groups in total. The molecule has 2 atom stereocenters. The molecule has 1 aromatic carbocycles. The van der Waals surface area contributed by atoms with Crippen LogP contribution in [0.25, 0.3) is 0 Å². The van der Waals surface area contributed by atoms with Gasteiger partial charge >= 0.3 is 6.09 Å². The van der Waals surface area contributed by atoms with Crippen molar-refractivity contribution in [2.24, 2.45) is 0 Å². The normalized spacial score (nSPS) is 13.6. The average molecular weight is 400 g/mol. The van der Waals surface area contributed by atoms with Crippen molar-refractivity contribution < 1.29 is 14.6 Å². The van der Waals surface area contributed by atoms with Gasteiger partial charge in [-0.25, -0.2) is 4.79 Å². The van der Waals surface area contributed by atoms with E-state index in [-0.39, 0.29) is 6.04 Å². The number of carbonyl (C=O) groups is 1. The smallest absolute Gasteiger partial charge is 0.407 e. The Kier molecular flexibility index (Phi) is 7.76. The first-order valence-corrected chi connectivity index (χ1v) is 9.97. The van der Waals surface area contributed by atoms with Crippen molar-refractivity contribution in [3.8, 4) is 0 Å². The summed E-state index contributed by atoms with van der Waals surface area (Å²) < 4.78 is 5.24. The predicted molar refractivity (Wildman–Crippen MR) is 115 cm³/mol. The maximum absolute atomic E-state index is 11.8. The van der Waals surface area contributed by atoms with Crippen LogP contribution in [0, 0.1) is 13.8 Å². The molecule has 1 heterocycles. The van der Waals surface area contributed by atoms with E-state index in [0.717, 1.165) is 28.1 Å². The molecule has 158 valence electrons. The Labute approximate surface area is 173 Å². The number of amides is 1. The number of hydrogen-bond acceptors (Lipinski definition) is 5. The summed E-state index contributed by atoms with van der Waals surface area (Å²) >= 11 is 0. The SMILES string of the molecule is Cc1ccccc1C(O)CNC(C)c1ccc(CNC(=O)OC(C)(C)C)nc1C. The fourth-order valence-corrected chi connectivity index (χ4v) is 3.13. The molecule has 2 unspecified atom stereocenters. The lowest BCUT2D eigenvalue weighted by atomic mass is 10.0. The quantitative estimate of drug-likeness (QED) is 0.653. The number of ether oxygens (including phenoxy) is 1. The van der Waals surface area contributed by atoms with Gasteiger partial charge in [0.05, 0.1) is 18.3 Å². The van der Waals surface area contributed by atoms with Crippen LogP contribution in [0.5, 0.6) is 0 Å². The van der Waals surface area contributed by atoms with E-state index in [1.165, 1.54) is 0 Å². The molecule has 2 aromatic rings. The lowest BCUT2D eigenvalue weighted by Crippen LogP contribution is -2.32. The maximum Gasteiger partial charge on any atom is 0.407 e. The molecule has 1 amide bonds. The summed E-state index contributed by atoms with van der Waals surface area (Å²) in [5.41, 5.74) is 4.20. The van der Waals surface area contributed by atoms with Gasteiger partial charge in [0.15, 0.2) is 0 Å². The second kappa shape index (κ2) is 9.85. The van der Waals surface area contributed by atoms with E-state index in [0.29, 0.717) is 13.1 Å². The largest absolute Gasteiger partial charge is 0.444 e. The molecule has 1 aromatic heterocycles. The highest BCUT2D eigenvalue weighted by atomic mass is 16.6. The maximum atomic E-state index is 11.8. The van der Waals surface area contributed by atoms with Gasteiger partial charge in [-0.3, -0.25) is 4.98 Å². The molecule has 0 aliphatic heterocycles. The van der Waals surface area contributed by atoms with Gasteiger partial charge < -0.3 is 20.5 Å². The van der Waals surface area contributed by atoms with Crippen molar-refractivity contribution in [2.45, 2.75) is 65.8 Å². The third kappa shape index (κ3) is 7.15. The van der Waals surface area contributed by atoms with E-state index in [1.54, 1.807) is 0 Å². The number of aromatic nitrogens is 1. The van der Waals surface area contributed by atoms with Gasteiger partial charge in [-0.05, 0) is 64.3 Å². The van der Waals surface area contributed by atoms with Crippen molar-refractivity contribution in [1.29, 1.82) is 0 Å². The number of alkyl carbamates (subject to hydrolysis) is 1. The van der Waals surface area contributed by atoms with Crippen LogP contribution >= 0.6 is 0 Å². The molecular formula is C23H33N3O3. The molecule has 0 spiro atoms. The van der Waals surface area contributed by atoms with Gasteiger partial charge in [0.25, 0.3) is 0 Å². The van der Waals surface area contributed by atoms with Crippen LogP contribution < -0.4 is 10.6 Å². The number of nitrogens with zero attached hydrogens (tertiary/aromatic N) is 1. The average Bonchev–Trinajstić information content (AvgIpc) is 2.63. The zero-order valence-electron chi connectivity index (χ0n) is 18.2. The Morgan fingerprint density at radius 2 is 1.83 bits per heavy atom. The van der Waals surface area contributed by atoms with Crippen LogP contribution in [0.4, 0.5) is 4.79 Å². The Morgan fingerprint density at radius 1 is 1.14 bits per heavy atom. The number of carbonyl (C=O) groups excluding carboxylic acids is 1. The summed E-state index contributed by atoms with van der Waals surface area (Å²) in [4.78, 5) is 16.4. The molecule has 0 saturated carbocycles. The summed E-state index contributed by atoms with van der Waals surface area (Å²) in [6.45, 7) is 12.2. The summed E-state index contributed by atoms with van der Waals surface area (Å²) in [5, 5.41) is 16.6. The van der Waals surface area contributed by atoms with Gasteiger partial charge in [-0.15, -0.1) is 0 Å². The fraction of sp³-hybridized carbons (Fsp3) is 0.478. The molecule has 29 heavy (non-hydrogen) atoms. The molecule has 0 bridgehead atoms. The summed E-state index contributed by atoms with van der Waals surface area (Å²) in [7, 11) is 0. The number of hydrogen-bond donors (Lipinski definition) is 3. The van der Waals surface area contributed by atoms with Gasteiger partial charge in [-0.1, -0.05) is 30.3 Å². The van der Waals surface area contributed by atoms with Crippen molar-refractivity contribution in [3.63, 3.8) is 0 Å². The van der Waals surface area contributed by atoms with Crippen LogP contribution in [0.2, 0.25) is 0 Å². The van der Waals surface area contributed by atoms with Crippen LogP contribution in [0.1, 0.15) is 67.9 Å². The highest BCUT2D eigenvalue weighted by Gasteiger charge is 2.17. The van der Waals surface area contributed by atoms with Crippen LogP contribution in [-0.4, -0.2) is 28.3 Å². The number of benzene rings is 1. The molecule has 0 fully saturated rings. The fourth-order valence-electron chi connectivity index (χ4n) is 3.13. The van der Waals surface area contributed by atoms with Gasteiger partial charge in [0, 0.05) is 18.3 Å². The van der Waals surface area contributed by atoms with E-state index >= 15 is 0 Å². The zero-order chi connectivity index (χ0) is 21.6. The van der Waals surface area contributed by atoms with E-state index in [4.69, 9.17) is 4.74 Å². The highest BCUT2D eigenvalue weighted by molar-refractivity contribution is 5.67. The summed E-state index contributed by atoms with van der Waals surface area (Å²) in [5.74, 6) is 0. The van der Waals surface area contributed by atoms with Gasteiger partial charge in [0.1, 0.15) is 5.60 Å². The predicted octanol–water partition coefficient (Wildman–Crippen LogP) is 4.11. The number of pyridine rings is 1. The lowest BCUT2D eigenvalue weighted by Gasteiger charge is -2.21. The zero-order valence-corrected chi connectivity index (χ0v) is 18.2. The van der Waals surface area contributed by atoms with Crippen molar-refractivity contribution in [2.75, 3.05) is 6.54 Å². The topological polar surface area (TPSA) is 83.5 Å². The van der Waals surface area contributed by atoms with E-state index < -0.39 is 17.8 Å². The molecule has 0 radical (unpaired) electrons. The van der Waals surface area contributed by atoms with Crippen molar-refractivity contribution >= 4 is 6.09 Å². The third-order valence-corrected chi connectivity index (χ3v) is 4.63. The van der Waals surface area contributed by atoms with Crippen molar-refractivity contribution in [3.05, 3.63) is 64.5 Å². The first-order chi connectivity index (χ1) is 13.6. The Balaban J connectivity index is 1.92. The highest BCUT2D eigenvalue weighted by Crippen LogP contribution is 2.20. The van der Waals surface area contributed by atoms with Crippen LogP contribution in [0.15, 0.2) is 36.4 Å². The second-order valence-corrected chi connectivity index (χ2v) is 8.33. The molecule has 0 saturated heterocycles. The van der Waals surface area contributed by atoms with Gasteiger partial charge in [0.2, 0.25) is 0 Å². The number of aliphatic hydroxyl groups excluding tert-OH is 1. The number of nitrogens with one attached hydrogen (secondary N) is 2. The lowest BCUT2D eigenvalue weighted by molar-refractivity contribution is 0.0523. The third-order valence-electron chi connectivity index (χ3n) is 4.63. The second-order valence-electron chi connectivity index (χ2n) is 8.33. The Hall–Kier alpha value is -2.44. The minimum Gasteiger partial charge on any atom is -0.444 e. The molecule has 0 aliphatic carbocycles. The Bertz CT molecular complexity index is 830.